The highest BCUT2D eigenvalue weighted by molar-refractivity contribution is 7.89. The van der Waals surface area contributed by atoms with Crippen LogP contribution in [0, 0.1) is 24.2 Å². The van der Waals surface area contributed by atoms with Gasteiger partial charge in [0.2, 0.25) is 15.9 Å². The molecule has 1 aromatic carbocycles. The lowest BCUT2D eigenvalue weighted by Crippen LogP contribution is -2.37. The van der Waals surface area contributed by atoms with Gasteiger partial charge in [0.25, 0.3) is 5.56 Å². The Morgan fingerprint density at radius 1 is 1.11 bits per heavy atom. The lowest BCUT2D eigenvalue weighted by molar-refractivity contribution is -0.137. The highest BCUT2D eigenvalue weighted by Crippen LogP contribution is 2.32. The van der Waals surface area contributed by atoms with E-state index in [2.05, 4.69) is 25.4 Å². The van der Waals surface area contributed by atoms with E-state index in [9.17, 15) is 33.2 Å². The fourth-order valence-corrected chi connectivity index (χ4v) is 5.82. The monoisotopic (exact) mass is 628 g/mol. The second-order valence-corrected chi connectivity index (χ2v) is 11.9. The molecule has 1 unspecified atom stereocenters. The molecule has 238 valence electrons. The largest absolute Gasteiger partial charge is 0.493 e. The van der Waals surface area contributed by atoms with E-state index in [4.69, 9.17) is 9.47 Å². The molecular formula is C31H40N4O8S. The fourth-order valence-electron chi connectivity index (χ4n) is 4.42. The van der Waals surface area contributed by atoms with Gasteiger partial charge in [-0.25, -0.2) is 18.0 Å². The Bertz CT molecular complexity index is 1520. The summed E-state index contributed by atoms with van der Waals surface area (Å²) in [4.78, 5) is 35.8. The number of anilines is 2. The van der Waals surface area contributed by atoms with E-state index in [-0.39, 0.29) is 66.4 Å². The number of ether oxygens (including phenoxy) is 2. The third kappa shape index (κ3) is 9.29. The van der Waals surface area contributed by atoms with E-state index < -0.39 is 27.5 Å². The zero-order chi connectivity index (χ0) is 32.9. The lowest BCUT2D eigenvalue weighted by atomic mass is 9.99. The Kier molecular flexibility index (Phi) is 13.8. The van der Waals surface area contributed by atoms with Crippen molar-refractivity contribution in [2.24, 2.45) is 5.92 Å². The van der Waals surface area contributed by atoms with Crippen molar-refractivity contribution in [2.45, 2.75) is 57.9 Å². The first-order valence-electron chi connectivity index (χ1n) is 14.3. The van der Waals surface area contributed by atoms with Crippen LogP contribution in [0.2, 0.25) is 0 Å². The zero-order valence-electron chi connectivity index (χ0n) is 25.4. The maximum absolute atomic E-state index is 13.4. The van der Waals surface area contributed by atoms with Crippen LogP contribution in [0.1, 0.15) is 50.7 Å². The van der Waals surface area contributed by atoms with Gasteiger partial charge in [0.05, 0.1) is 4.90 Å². The number of hydrogen-bond acceptors (Lipinski definition) is 10. The Labute approximate surface area is 258 Å². The third-order valence-corrected chi connectivity index (χ3v) is 8.96. The first-order chi connectivity index (χ1) is 20.9. The maximum atomic E-state index is 13.4. The Balaban J connectivity index is 2.38. The molecule has 0 aliphatic heterocycles. The number of aromatic nitrogens is 1. The van der Waals surface area contributed by atoms with Gasteiger partial charge in [-0.2, -0.15) is 9.57 Å². The Morgan fingerprint density at radius 2 is 1.68 bits per heavy atom. The first kappa shape index (κ1) is 35.8. The second kappa shape index (κ2) is 17.0. The predicted molar refractivity (Wildman–Crippen MR) is 166 cm³/mol. The van der Waals surface area contributed by atoms with E-state index in [0.29, 0.717) is 5.69 Å². The molecule has 1 aromatic heterocycles. The molecule has 0 spiro atoms. The number of hydrogen-bond donors (Lipinski definition) is 2. The summed E-state index contributed by atoms with van der Waals surface area (Å²) in [6, 6.07) is 7.55. The molecule has 13 heteroatoms. The number of esters is 2. The molecule has 1 heterocycles. The minimum atomic E-state index is -4.13. The molecule has 0 radical (unpaired) electrons. The predicted octanol–water partition coefficient (Wildman–Crippen LogP) is 4.14. The van der Waals surface area contributed by atoms with Gasteiger partial charge in [0.1, 0.15) is 30.5 Å². The molecule has 2 N–H and O–H groups in total. The van der Waals surface area contributed by atoms with E-state index in [0.717, 1.165) is 42.1 Å². The topological polar surface area (TPSA) is 168 Å². The molecule has 0 aliphatic rings. The fraction of sp³-hybridized carbons (Fsp3) is 0.419. The van der Waals surface area contributed by atoms with Gasteiger partial charge in [0.15, 0.2) is 0 Å². The molecule has 0 aliphatic carbocycles. The average Bonchev–Trinajstić information content (AvgIpc) is 3.02. The number of nitrogens with zero attached hydrogens (tertiary/aromatic N) is 3. The Morgan fingerprint density at radius 3 is 2.16 bits per heavy atom. The van der Waals surface area contributed by atoms with E-state index >= 15 is 0 Å². The van der Waals surface area contributed by atoms with Crippen LogP contribution in [0.5, 0.6) is 5.88 Å². The number of nitriles is 1. The number of nitrogens with one attached hydrogen (secondary N) is 1. The van der Waals surface area contributed by atoms with Gasteiger partial charge in [-0.3, -0.25) is 9.36 Å². The zero-order valence-corrected chi connectivity index (χ0v) is 26.2. The van der Waals surface area contributed by atoms with Crippen molar-refractivity contribution < 1.29 is 32.6 Å². The van der Waals surface area contributed by atoms with Crippen LogP contribution in [0.15, 0.2) is 59.3 Å². The van der Waals surface area contributed by atoms with Gasteiger partial charge in [-0.05, 0) is 43.5 Å². The summed E-state index contributed by atoms with van der Waals surface area (Å²) in [7, 11) is -4.13. The highest BCUT2D eigenvalue weighted by Gasteiger charge is 2.26. The SMILES string of the molecule is C=CC(=O)OCCN(CCOC(=O)C=C)S(=O)(=O)c1ccc(Nc2c(C)c(C#N)c(=O)n(CC(CC)CCCC)c2O)cc1. The minimum Gasteiger partial charge on any atom is -0.493 e. The molecule has 1 atom stereocenters. The van der Waals surface area contributed by atoms with Crippen molar-refractivity contribution in [3.63, 3.8) is 0 Å². The standard InChI is InChI=1S/C31H40N4O8S/c1-6-10-11-23(7-2)21-35-30(38)26(20-32)22(5)29(31(35)39)33-24-12-14-25(15-13-24)44(40,41)34(16-18-42-27(36)8-3)17-19-43-28(37)9-4/h8-9,12-15,23,33,39H,3-4,6-7,10-11,16-19,21H2,1-2,5H3. The summed E-state index contributed by atoms with van der Waals surface area (Å²) in [6.45, 7) is 11.6. The van der Waals surface area contributed by atoms with Crippen molar-refractivity contribution in [1.82, 2.24) is 8.87 Å². The molecule has 0 amide bonds. The summed E-state index contributed by atoms with van der Waals surface area (Å²) >= 11 is 0. The second-order valence-electron chi connectivity index (χ2n) is 9.94. The molecular weight excluding hydrogens is 588 g/mol. The van der Waals surface area contributed by atoms with E-state index in [1.54, 1.807) is 6.92 Å². The van der Waals surface area contributed by atoms with Crippen molar-refractivity contribution in [2.75, 3.05) is 31.6 Å². The molecule has 0 bridgehead atoms. The number of aromatic hydroxyl groups is 1. The molecule has 0 saturated heterocycles. The summed E-state index contributed by atoms with van der Waals surface area (Å²) in [5, 5.41) is 23.9. The summed E-state index contributed by atoms with van der Waals surface area (Å²) in [5.74, 6) is -1.61. The molecule has 0 fully saturated rings. The molecule has 12 nitrogen and oxygen atoms in total. The number of unbranched alkanes of at least 4 members (excludes halogenated alkanes) is 1. The van der Waals surface area contributed by atoms with Gasteiger partial charge in [-0.15, -0.1) is 0 Å². The van der Waals surface area contributed by atoms with Crippen LogP contribution in [0.4, 0.5) is 11.4 Å². The average molecular weight is 629 g/mol. The lowest BCUT2D eigenvalue weighted by Gasteiger charge is -2.22. The minimum absolute atomic E-state index is 0.0974. The van der Waals surface area contributed by atoms with Gasteiger partial charge >= 0.3 is 11.9 Å². The molecule has 0 saturated carbocycles. The highest BCUT2D eigenvalue weighted by atomic mass is 32.2. The number of pyridine rings is 1. The first-order valence-corrected chi connectivity index (χ1v) is 15.7. The number of carbonyl (C=O) groups excluding carboxylic acids is 2. The van der Waals surface area contributed by atoms with Gasteiger partial charge < -0.3 is 19.9 Å². The van der Waals surface area contributed by atoms with Crippen LogP contribution in [0.3, 0.4) is 0 Å². The quantitative estimate of drug-likeness (QED) is 0.181. The Hall–Kier alpha value is -4.41. The van der Waals surface area contributed by atoms with Crippen LogP contribution in [-0.4, -0.2) is 60.6 Å². The molecule has 44 heavy (non-hydrogen) atoms. The van der Waals surface area contributed by atoms with Crippen molar-refractivity contribution in [3.05, 3.63) is 71.1 Å². The van der Waals surface area contributed by atoms with Crippen molar-refractivity contribution >= 4 is 33.3 Å². The van der Waals surface area contributed by atoms with Crippen LogP contribution in [-0.2, 0) is 35.6 Å². The smallest absolute Gasteiger partial charge is 0.330 e. The number of carbonyl (C=O) groups is 2. The van der Waals surface area contributed by atoms with Crippen molar-refractivity contribution in [1.29, 1.82) is 5.26 Å². The summed E-state index contributed by atoms with van der Waals surface area (Å²) in [6.07, 6.45) is 5.55. The maximum Gasteiger partial charge on any atom is 0.330 e. The number of rotatable bonds is 18. The van der Waals surface area contributed by atoms with Gasteiger partial charge in [0, 0.05) is 43.0 Å². The molecule has 2 rings (SSSR count). The van der Waals surface area contributed by atoms with Crippen LogP contribution < -0.4 is 10.9 Å². The van der Waals surface area contributed by atoms with E-state index in [1.807, 2.05) is 13.0 Å². The van der Waals surface area contributed by atoms with Gasteiger partial charge in [-0.1, -0.05) is 46.3 Å². The number of benzene rings is 1. The van der Waals surface area contributed by atoms with E-state index in [1.165, 1.54) is 28.8 Å². The molecule has 2 aromatic rings. The number of sulfonamides is 1. The summed E-state index contributed by atoms with van der Waals surface area (Å²) in [5.41, 5.74) is 0.151. The van der Waals surface area contributed by atoms with Crippen molar-refractivity contribution in [3.8, 4) is 11.9 Å². The third-order valence-electron chi connectivity index (χ3n) is 7.05. The van der Waals surface area contributed by atoms with Crippen LogP contribution in [0.25, 0.3) is 0 Å². The normalized spacial score (nSPS) is 11.8. The van der Waals surface area contributed by atoms with Crippen LogP contribution >= 0.6 is 0 Å². The summed E-state index contributed by atoms with van der Waals surface area (Å²) < 4.78 is 39.0.